The number of carbonyl (C=O) groups is 3. The zero-order chi connectivity index (χ0) is 17.5. The second-order valence-electron chi connectivity index (χ2n) is 4.67. The number of aromatic nitrogens is 2. The topological polar surface area (TPSA) is 102 Å². The van der Waals surface area contributed by atoms with Crippen LogP contribution in [0.1, 0.15) is 21.0 Å². The first-order valence-electron chi connectivity index (χ1n) is 6.94. The smallest absolute Gasteiger partial charge is 0.358 e. The van der Waals surface area contributed by atoms with Crippen LogP contribution < -0.4 is 10.6 Å². The number of carbonyl (C=O) groups excluding carboxylic acids is 3. The van der Waals surface area contributed by atoms with Gasteiger partial charge in [0.1, 0.15) is 5.69 Å². The van der Waals surface area contributed by atoms with E-state index in [0.717, 1.165) is 0 Å². The molecule has 2 rings (SSSR count). The molecule has 8 nitrogen and oxygen atoms in total. The number of imide groups is 1. The molecule has 0 aliphatic heterocycles. The first kappa shape index (κ1) is 17.4. The number of hydrogen-bond donors (Lipinski definition) is 2. The summed E-state index contributed by atoms with van der Waals surface area (Å²) in [6.45, 7) is 3.52. The van der Waals surface area contributed by atoms with E-state index in [1.54, 1.807) is 36.0 Å². The van der Waals surface area contributed by atoms with Gasteiger partial charge in [-0.15, -0.1) is 17.9 Å². The molecule has 2 amide bonds. The maximum atomic E-state index is 11.8. The largest absolute Gasteiger partial charge is 0.451 e. The molecule has 126 valence electrons. The summed E-state index contributed by atoms with van der Waals surface area (Å²) in [5.41, 5.74) is 0.417. The van der Waals surface area contributed by atoms with Crippen LogP contribution in [0.2, 0.25) is 0 Å². The molecule has 0 aliphatic carbocycles. The first-order valence-corrected chi connectivity index (χ1v) is 7.82. The number of esters is 1. The predicted molar refractivity (Wildman–Crippen MR) is 89.0 cm³/mol. The number of nitrogens with one attached hydrogen (secondary N) is 2. The lowest BCUT2D eigenvalue weighted by molar-refractivity contribution is -0.123. The summed E-state index contributed by atoms with van der Waals surface area (Å²) in [6, 6.07) is 3.25. The fraction of sp³-hybridized carbons (Fsp3) is 0.200. The van der Waals surface area contributed by atoms with Crippen LogP contribution in [0.4, 0.5) is 5.13 Å². The number of amides is 2. The highest BCUT2D eigenvalue weighted by Gasteiger charge is 2.16. The minimum atomic E-state index is -0.737. The summed E-state index contributed by atoms with van der Waals surface area (Å²) in [5, 5.41) is 7.14. The van der Waals surface area contributed by atoms with Crippen molar-refractivity contribution in [2.24, 2.45) is 7.05 Å². The molecule has 24 heavy (non-hydrogen) atoms. The standard InChI is InChI=1S/C15H16N4O4S/c1-3-6-16-15-17-10(9-24-15)14(22)23-8-12(20)18-13(21)11-5-4-7-19(11)2/h3-5,7,9H,1,6,8H2,2H3,(H,16,17)(H,18,20,21). The third-order valence-corrected chi connectivity index (χ3v) is 3.67. The van der Waals surface area contributed by atoms with Gasteiger partial charge in [0.05, 0.1) is 0 Å². The Bertz CT molecular complexity index is 765. The SMILES string of the molecule is C=CCNc1nc(C(=O)OCC(=O)NC(=O)c2cccn2C)cs1. The van der Waals surface area contributed by atoms with Crippen LogP contribution in [-0.4, -0.2) is 40.5 Å². The highest BCUT2D eigenvalue weighted by Crippen LogP contribution is 2.15. The van der Waals surface area contributed by atoms with Crippen LogP contribution in [-0.2, 0) is 16.6 Å². The fourth-order valence-electron chi connectivity index (χ4n) is 1.74. The van der Waals surface area contributed by atoms with Crippen molar-refractivity contribution in [3.63, 3.8) is 0 Å². The van der Waals surface area contributed by atoms with Crippen LogP contribution in [0.15, 0.2) is 36.4 Å². The number of rotatable bonds is 7. The lowest BCUT2D eigenvalue weighted by Crippen LogP contribution is -2.35. The highest BCUT2D eigenvalue weighted by molar-refractivity contribution is 7.13. The molecule has 0 spiro atoms. The van der Waals surface area contributed by atoms with Crippen LogP contribution in [0.5, 0.6) is 0 Å². The maximum Gasteiger partial charge on any atom is 0.358 e. The van der Waals surface area contributed by atoms with Gasteiger partial charge in [0.25, 0.3) is 11.8 Å². The van der Waals surface area contributed by atoms with E-state index >= 15 is 0 Å². The van der Waals surface area contributed by atoms with Gasteiger partial charge in [0.2, 0.25) is 0 Å². The van der Waals surface area contributed by atoms with Gasteiger partial charge in [-0.2, -0.15) is 0 Å². The summed E-state index contributed by atoms with van der Waals surface area (Å²) < 4.78 is 6.41. The molecular formula is C15H16N4O4S. The molecule has 0 radical (unpaired) electrons. The lowest BCUT2D eigenvalue weighted by Gasteiger charge is -2.05. The van der Waals surface area contributed by atoms with Gasteiger partial charge >= 0.3 is 5.97 Å². The van der Waals surface area contributed by atoms with Gasteiger partial charge in [-0.1, -0.05) is 6.08 Å². The summed E-state index contributed by atoms with van der Waals surface area (Å²) >= 11 is 1.23. The molecule has 2 aromatic heterocycles. The Labute approximate surface area is 142 Å². The van der Waals surface area contributed by atoms with Gasteiger partial charge in [0.15, 0.2) is 17.4 Å². The van der Waals surface area contributed by atoms with Crippen molar-refractivity contribution in [2.45, 2.75) is 0 Å². The second-order valence-corrected chi connectivity index (χ2v) is 5.52. The summed E-state index contributed by atoms with van der Waals surface area (Å²) in [5.74, 6) is -2.01. The van der Waals surface area contributed by atoms with Crippen molar-refractivity contribution in [2.75, 3.05) is 18.5 Å². The van der Waals surface area contributed by atoms with E-state index in [-0.39, 0.29) is 5.69 Å². The van der Waals surface area contributed by atoms with Crippen LogP contribution in [0.3, 0.4) is 0 Å². The van der Waals surface area contributed by atoms with Crippen molar-refractivity contribution < 1.29 is 19.1 Å². The molecule has 0 aromatic carbocycles. The van der Waals surface area contributed by atoms with Gasteiger partial charge in [0, 0.05) is 25.2 Å². The molecule has 2 aromatic rings. The number of aryl methyl sites for hydroxylation is 1. The number of hydrogen-bond acceptors (Lipinski definition) is 7. The average Bonchev–Trinajstić information content (AvgIpc) is 3.19. The monoisotopic (exact) mass is 348 g/mol. The Morgan fingerprint density at radius 1 is 1.46 bits per heavy atom. The number of anilines is 1. The van der Waals surface area contributed by atoms with Crippen LogP contribution >= 0.6 is 11.3 Å². The molecule has 9 heteroatoms. The number of ether oxygens (including phenoxy) is 1. The quantitative estimate of drug-likeness (QED) is 0.576. The Kier molecular flexibility index (Phi) is 5.85. The Morgan fingerprint density at radius 2 is 2.25 bits per heavy atom. The molecule has 0 atom stereocenters. The molecule has 2 N–H and O–H groups in total. The molecule has 0 saturated heterocycles. The molecule has 2 heterocycles. The maximum absolute atomic E-state index is 11.8. The van der Waals surface area contributed by atoms with Crippen LogP contribution in [0.25, 0.3) is 0 Å². The third kappa shape index (κ3) is 4.53. The Hall–Kier alpha value is -2.94. The van der Waals surface area contributed by atoms with E-state index in [1.807, 2.05) is 0 Å². The summed E-state index contributed by atoms with van der Waals surface area (Å²) in [6.07, 6.45) is 3.34. The zero-order valence-electron chi connectivity index (χ0n) is 12.9. The number of thiazole rings is 1. The third-order valence-electron chi connectivity index (χ3n) is 2.87. The fourth-order valence-corrected chi connectivity index (χ4v) is 2.43. The van der Waals surface area contributed by atoms with E-state index in [0.29, 0.717) is 17.4 Å². The lowest BCUT2D eigenvalue weighted by atomic mass is 10.4. The van der Waals surface area contributed by atoms with Gasteiger partial charge in [-0.25, -0.2) is 9.78 Å². The first-order chi connectivity index (χ1) is 11.5. The number of nitrogens with zero attached hydrogens (tertiary/aromatic N) is 2. The minimum Gasteiger partial charge on any atom is -0.451 e. The molecule has 0 bridgehead atoms. The van der Waals surface area contributed by atoms with E-state index in [4.69, 9.17) is 4.74 Å². The molecule has 0 fully saturated rings. The second kappa shape index (κ2) is 8.06. The Morgan fingerprint density at radius 3 is 2.92 bits per heavy atom. The van der Waals surface area contributed by atoms with E-state index in [1.165, 1.54) is 16.7 Å². The van der Waals surface area contributed by atoms with Crippen molar-refractivity contribution in [3.05, 3.63) is 47.8 Å². The van der Waals surface area contributed by atoms with Gasteiger partial charge in [-0.05, 0) is 12.1 Å². The minimum absolute atomic E-state index is 0.0909. The van der Waals surface area contributed by atoms with Crippen molar-refractivity contribution in [1.29, 1.82) is 0 Å². The molecule has 0 unspecified atom stereocenters. The van der Waals surface area contributed by atoms with Crippen molar-refractivity contribution >= 4 is 34.3 Å². The molecule has 0 saturated carbocycles. The molecular weight excluding hydrogens is 332 g/mol. The van der Waals surface area contributed by atoms with Crippen molar-refractivity contribution in [3.8, 4) is 0 Å². The molecule has 0 aliphatic rings. The summed E-state index contributed by atoms with van der Waals surface area (Å²) in [4.78, 5) is 39.3. The normalized spacial score (nSPS) is 10.0. The predicted octanol–water partition coefficient (Wildman–Crippen LogP) is 1.19. The average molecular weight is 348 g/mol. The van der Waals surface area contributed by atoms with Gasteiger partial charge < -0.3 is 14.6 Å². The van der Waals surface area contributed by atoms with Crippen molar-refractivity contribution in [1.82, 2.24) is 14.9 Å². The van der Waals surface area contributed by atoms with E-state index in [9.17, 15) is 14.4 Å². The summed E-state index contributed by atoms with van der Waals surface area (Å²) in [7, 11) is 1.68. The van der Waals surface area contributed by atoms with E-state index < -0.39 is 24.4 Å². The zero-order valence-corrected chi connectivity index (χ0v) is 13.8. The van der Waals surface area contributed by atoms with E-state index in [2.05, 4.69) is 22.2 Å². The highest BCUT2D eigenvalue weighted by atomic mass is 32.1. The Balaban J connectivity index is 1.81. The van der Waals surface area contributed by atoms with Gasteiger partial charge in [-0.3, -0.25) is 14.9 Å². The van der Waals surface area contributed by atoms with Crippen LogP contribution in [0, 0.1) is 0 Å².